The van der Waals surface area contributed by atoms with E-state index in [4.69, 9.17) is 10.5 Å². The molecule has 0 saturated carbocycles. The number of methoxy groups -OCH3 is 1. The Morgan fingerprint density at radius 1 is 1.47 bits per heavy atom. The van der Waals surface area contributed by atoms with Gasteiger partial charge in [0.15, 0.2) is 11.6 Å². The summed E-state index contributed by atoms with van der Waals surface area (Å²) in [5.41, 5.74) is 6.61. The van der Waals surface area contributed by atoms with Gasteiger partial charge in [0.2, 0.25) is 0 Å². The third-order valence-corrected chi connectivity index (χ3v) is 2.61. The van der Waals surface area contributed by atoms with Crippen LogP contribution in [0.4, 0.5) is 4.39 Å². The lowest BCUT2D eigenvalue weighted by molar-refractivity contribution is 0.285. The Bertz CT molecular complexity index is 355. The molecule has 84 valence electrons. The van der Waals surface area contributed by atoms with Gasteiger partial charge in [-0.15, -0.1) is 12.4 Å². The molecule has 1 aliphatic heterocycles. The van der Waals surface area contributed by atoms with Gasteiger partial charge in [0.1, 0.15) is 0 Å². The molecule has 0 unspecified atom stereocenters. The minimum atomic E-state index is -0.360. The van der Waals surface area contributed by atoms with Crippen molar-refractivity contribution in [1.82, 2.24) is 5.32 Å². The van der Waals surface area contributed by atoms with Crippen LogP contribution >= 0.6 is 12.4 Å². The predicted octanol–water partition coefficient (Wildman–Crippen LogP) is 1.01. The molecule has 1 heterocycles. The third-order valence-electron chi connectivity index (χ3n) is 2.61. The fourth-order valence-electron chi connectivity index (χ4n) is 1.57. The maximum Gasteiger partial charge on any atom is 0.165 e. The van der Waals surface area contributed by atoms with Crippen molar-refractivity contribution in [2.24, 2.45) is 5.73 Å². The Labute approximate surface area is 94.2 Å². The zero-order chi connectivity index (χ0) is 10.2. The Hall–Kier alpha value is -0.840. The monoisotopic (exact) mass is 232 g/mol. The summed E-state index contributed by atoms with van der Waals surface area (Å²) >= 11 is 0. The third kappa shape index (κ3) is 2.07. The summed E-state index contributed by atoms with van der Waals surface area (Å²) in [6.07, 6.45) is 0. The van der Waals surface area contributed by atoms with Gasteiger partial charge in [0, 0.05) is 13.1 Å². The number of hydrogen-bond donors (Lipinski definition) is 2. The lowest BCUT2D eigenvalue weighted by Crippen LogP contribution is -2.62. The smallest absolute Gasteiger partial charge is 0.165 e. The second kappa shape index (κ2) is 4.35. The van der Waals surface area contributed by atoms with Gasteiger partial charge in [-0.05, 0) is 17.7 Å². The van der Waals surface area contributed by atoms with Crippen molar-refractivity contribution in [3.63, 3.8) is 0 Å². The first-order valence-electron chi connectivity index (χ1n) is 4.49. The number of halogens is 2. The normalized spacial score (nSPS) is 17.5. The van der Waals surface area contributed by atoms with E-state index in [0.717, 1.165) is 18.7 Å². The second-order valence-electron chi connectivity index (χ2n) is 3.61. The largest absolute Gasteiger partial charge is 0.494 e. The van der Waals surface area contributed by atoms with Gasteiger partial charge in [-0.2, -0.15) is 0 Å². The summed E-state index contributed by atoms with van der Waals surface area (Å²) in [7, 11) is 1.45. The van der Waals surface area contributed by atoms with E-state index in [1.54, 1.807) is 12.1 Å². The molecule has 1 aromatic rings. The molecule has 0 aromatic heterocycles. The quantitative estimate of drug-likeness (QED) is 0.800. The average molecular weight is 233 g/mol. The lowest BCUT2D eigenvalue weighted by atomic mass is 9.85. The topological polar surface area (TPSA) is 47.3 Å². The highest BCUT2D eigenvalue weighted by molar-refractivity contribution is 5.85. The zero-order valence-corrected chi connectivity index (χ0v) is 9.23. The second-order valence-corrected chi connectivity index (χ2v) is 3.61. The molecule has 0 spiro atoms. The summed E-state index contributed by atoms with van der Waals surface area (Å²) in [5, 5.41) is 3.09. The van der Waals surface area contributed by atoms with Crippen molar-refractivity contribution in [3.8, 4) is 5.75 Å². The van der Waals surface area contributed by atoms with E-state index < -0.39 is 0 Å². The summed E-state index contributed by atoms with van der Waals surface area (Å²) < 4.78 is 18.0. The highest BCUT2D eigenvalue weighted by Gasteiger charge is 2.34. The number of rotatable bonds is 2. The van der Waals surface area contributed by atoms with E-state index in [1.165, 1.54) is 13.2 Å². The van der Waals surface area contributed by atoms with Crippen LogP contribution in [0.3, 0.4) is 0 Å². The van der Waals surface area contributed by atoms with E-state index in [0.29, 0.717) is 0 Å². The number of hydrogen-bond acceptors (Lipinski definition) is 3. The van der Waals surface area contributed by atoms with E-state index in [2.05, 4.69) is 5.32 Å². The molecule has 0 bridgehead atoms. The number of nitrogens with one attached hydrogen (secondary N) is 1. The highest BCUT2D eigenvalue weighted by atomic mass is 35.5. The number of ether oxygens (including phenoxy) is 1. The molecule has 1 fully saturated rings. The van der Waals surface area contributed by atoms with Crippen molar-refractivity contribution in [2.75, 3.05) is 20.2 Å². The minimum absolute atomic E-state index is 0. The number of benzene rings is 1. The first-order valence-corrected chi connectivity index (χ1v) is 4.49. The van der Waals surface area contributed by atoms with Crippen molar-refractivity contribution >= 4 is 12.4 Å². The first-order chi connectivity index (χ1) is 6.65. The molecule has 2 rings (SSSR count). The molecule has 1 saturated heterocycles. The van der Waals surface area contributed by atoms with Gasteiger partial charge in [0.05, 0.1) is 12.6 Å². The van der Waals surface area contributed by atoms with Crippen LogP contribution in [0, 0.1) is 5.82 Å². The van der Waals surface area contributed by atoms with Gasteiger partial charge >= 0.3 is 0 Å². The lowest BCUT2D eigenvalue weighted by Gasteiger charge is -2.39. The zero-order valence-electron chi connectivity index (χ0n) is 8.42. The molecule has 0 aliphatic carbocycles. The van der Waals surface area contributed by atoms with Crippen molar-refractivity contribution < 1.29 is 9.13 Å². The van der Waals surface area contributed by atoms with Crippen molar-refractivity contribution in [1.29, 1.82) is 0 Å². The van der Waals surface area contributed by atoms with Gasteiger partial charge < -0.3 is 15.8 Å². The molecule has 1 aromatic carbocycles. The maximum atomic E-state index is 13.1. The Balaban J connectivity index is 0.00000112. The molecule has 3 nitrogen and oxygen atoms in total. The Kier molecular flexibility index (Phi) is 3.54. The van der Waals surface area contributed by atoms with Crippen LogP contribution in [0.2, 0.25) is 0 Å². The van der Waals surface area contributed by atoms with Crippen LogP contribution in [-0.4, -0.2) is 20.2 Å². The number of nitrogens with two attached hydrogens (primary N) is 1. The van der Waals surface area contributed by atoms with Crippen LogP contribution in [0.15, 0.2) is 18.2 Å². The fraction of sp³-hybridized carbons (Fsp3) is 0.400. The van der Waals surface area contributed by atoms with E-state index in [9.17, 15) is 4.39 Å². The van der Waals surface area contributed by atoms with Crippen molar-refractivity contribution in [3.05, 3.63) is 29.6 Å². The summed E-state index contributed by atoms with van der Waals surface area (Å²) in [4.78, 5) is 0. The van der Waals surface area contributed by atoms with E-state index in [1.807, 2.05) is 0 Å². The summed E-state index contributed by atoms with van der Waals surface area (Å²) in [6, 6.07) is 4.76. The van der Waals surface area contributed by atoms with Gasteiger partial charge in [-0.1, -0.05) is 6.07 Å². The minimum Gasteiger partial charge on any atom is -0.494 e. The van der Waals surface area contributed by atoms with E-state index in [-0.39, 0.29) is 29.5 Å². The summed E-state index contributed by atoms with van der Waals surface area (Å²) in [6.45, 7) is 1.45. The van der Waals surface area contributed by atoms with Crippen LogP contribution in [0.1, 0.15) is 5.56 Å². The van der Waals surface area contributed by atoms with Crippen molar-refractivity contribution in [2.45, 2.75) is 5.54 Å². The van der Waals surface area contributed by atoms with Gasteiger partial charge in [0.25, 0.3) is 0 Å². The van der Waals surface area contributed by atoms with Crippen LogP contribution in [-0.2, 0) is 5.54 Å². The standard InChI is InChI=1S/C10H13FN2O.ClH/c1-14-9-4-7(2-3-8(9)11)10(12)5-13-6-10;/h2-4,13H,5-6,12H2,1H3;1H. The highest BCUT2D eigenvalue weighted by Crippen LogP contribution is 2.27. The molecule has 0 radical (unpaired) electrons. The molecule has 0 atom stereocenters. The molecule has 3 N–H and O–H groups in total. The molecule has 0 amide bonds. The molecular formula is C10H14ClFN2O. The van der Waals surface area contributed by atoms with Gasteiger partial charge in [-0.3, -0.25) is 0 Å². The molecular weight excluding hydrogens is 219 g/mol. The Morgan fingerprint density at radius 3 is 2.60 bits per heavy atom. The molecule has 5 heteroatoms. The molecule has 15 heavy (non-hydrogen) atoms. The SMILES string of the molecule is COc1cc(C2(N)CNC2)ccc1F.Cl. The molecule has 1 aliphatic rings. The van der Waals surface area contributed by atoms with E-state index >= 15 is 0 Å². The van der Waals surface area contributed by atoms with Crippen LogP contribution in [0.25, 0.3) is 0 Å². The van der Waals surface area contributed by atoms with Crippen LogP contribution in [0.5, 0.6) is 5.75 Å². The Morgan fingerprint density at radius 2 is 2.13 bits per heavy atom. The summed E-state index contributed by atoms with van der Waals surface area (Å²) in [5.74, 6) is -0.105. The predicted molar refractivity (Wildman–Crippen MR) is 58.9 cm³/mol. The average Bonchev–Trinajstić information content (AvgIpc) is 2.15. The first kappa shape index (κ1) is 12.2. The van der Waals surface area contributed by atoms with Crippen LogP contribution < -0.4 is 15.8 Å². The maximum absolute atomic E-state index is 13.1. The fourth-order valence-corrected chi connectivity index (χ4v) is 1.57. The van der Waals surface area contributed by atoms with Gasteiger partial charge in [-0.25, -0.2) is 4.39 Å².